The molecule has 0 aliphatic heterocycles. The monoisotopic (exact) mass is 446 g/mol. The van der Waals surface area contributed by atoms with Gasteiger partial charge in [0.15, 0.2) is 0 Å². The molecule has 2 aliphatic carbocycles. The first-order valence-electron chi connectivity index (χ1n) is 8.82. The Hall–Kier alpha value is 0.471. The topological polar surface area (TPSA) is 0 Å². The van der Waals surface area contributed by atoms with Crippen LogP contribution in [0.15, 0.2) is 34.4 Å². The molecule has 2 rings (SSSR count). The molecular weight excluding hydrogens is 411 g/mol. The standard InChI is InChI=1S/2C10H15.C2H6Si.2ClH.Ti/c2*1-8-5-6-9(7-8)10(2,3)4;1-3-2;;;/h2*7H,6H2,1-4H3;1-2H3;2*1H;/q2*-1;;;;+2/p-2. The van der Waals surface area contributed by atoms with Gasteiger partial charge < -0.3 is 24.8 Å². The van der Waals surface area contributed by atoms with Crippen molar-refractivity contribution in [3.63, 3.8) is 0 Å². The number of halogens is 2. The van der Waals surface area contributed by atoms with Crippen LogP contribution in [0.4, 0.5) is 0 Å². The van der Waals surface area contributed by atoms with Crippen LogP contribution < -0.4 is 24.8 Å². The van der Waals surface area contributed by atoms with Crippen LogP contribution in [0.25, 0.3) is 0 Å². The predicted octanol–water partition coefficient (Wildman–Crippen LogP) is 1.02. The third kappa shape index (κ3) is 14.5. The zero-order chi connectivity index (χ0) is 19.1. The molecule has 0 atom stereocenters. The Bertz CT molecular complexity index is 518. The average Bonchev–Trinajstić information content (AvgIpc) is 2.96. The van der Waals surface area contributed by atoms with E-state index in [0.717, 1.165) is 12.8 Å². The average molecular weight is 447 g/mol. The minimum atomic E-state index is 0. The molecule has 4 heteroatoms. The van der Waals surface area contributed by atoms with Crippen LogP contribution in [0, 0.1) is 23.0 Å². The van der Waals surface area contributed by atoms with Crippen molar-refractivity contribution in [2.75, 3.05) is 0 Å². The molecule has 0 bridgehead atoms. The zero-order valence-corrected chi connectivity index (χ0v) is 22.4. The second-order valence-electron chi connectivity index (χ2n) is 8.91. The van der Waals surface area contributed by atoms with Crippen molar-refractivity contribution in [1.29, 1.82) is 0 Å². The van der Waals surface area contributed by atoms with Crippen molar-refractivity contribution in [1.82, 2.24) is 0 Å². The minimum Gasteiger partial charge on any atom is -1.00 e. The van der Waals surface area contributed by atoms with Gasteiger partial charge in [-0.05, 0) is 10.8 Å². The Balaban J connectivity index is -0.000000319. The van der Waals surface area contributed by atoms with Gasteiger partial charge in [0.05, 0.1) is 0 Å². The van der Waals surface area contributed by atoms with E-state index in [-0.39, 0.29) is 31.0 Å². The SMILES string of the molecule is CC1=[C-]CC(C(C)(C)C)=C1.CC1=[C-]CC(C(C)(C)C)=C1.C[Si](C)=[Ti+2].[Cl-].[Cl-]. The van der Waals surface area contributed by atoms with Crippen LogP contribution in [0.5, 0.6) is 0 Å². The van der Waals surface area contributed by atoms with Crippen molar-refractivity contribution < 1.29 is 44.0 Å². The molecule has 2 aliphatic rings. The largest absolute Gasteiger partial charge is 1.00 e. The maximum absolute atomic E-state index is 3.30. The van der Waals surface area contributed by atoms with E-state index in [1.165, 1.54) is 22.3 Å². The van der Waals surface area contributed by atoms with Crippen LogP contribution in [0.1, 0.15) is 68.2 Å². The molecule has 0 nitrogen and oxygen atoms in total. The first kappa shape index (κ1) is 31.2. The Morgan fingerprint density at radius 3 is 1.08 bits per heavy atom. The van der Waals surface area contributed by atoms with E-state index in [1.54, 1.807) is 0 Å². The van der Waals surface area contributed by atoms with E-state index in [1.807, 2.05) is 0 Å². The predicted molar refractivity (Wildman–Crippen MR) is 107 cm³/mol. The molecule has 0 amide bonds. The van der Waals surface area contributed by atoms with E-state index in [4.69, 9.17) is 0 Å². The van der Waals surface area contributed by atoms with E-state index in [0.29, 0.717) is 10.8 Å². The molecule has 0 unspecified atom stereocenters. The molecular formula is C22H36Cl2SiTi-2. The van der Waals surface area contributed by atoms with E-state index >= 15 is 0 Å². The van der Waals surface area contributed by atoms with Crippen molar-refractivity contribution in [2.24, 2.45) is 10.8 Å². The van der Waals surface area contributed by atoms with Crippen LogP contribution in [-0.2, 0) is 19.2 Å². The van der Waals surface area contributed by atoms with Crippen molar-refractivity contribution in [3.8, 4) is 0 Å². The maximum Gasteiger partial charge on any atom is -1.00 e. The molecule has 148 valence electrons. The van der Waals surface area contributed by atoms with E-state index < -0.39 is 0 Å². The van der Waals surface area contributed by atoms with Crippen LogP contribution in [-0.4, -0.2) is 6.19 Å². The number of hydrogen-bond donors (Lipinski definition) is 0. The molecule has 0 radical (unpaired) electrons. The Morgan fingerprint density at radius 1 is 0.769 bits per heavy atom. The van der Waals surface area contributed by atoms with Gasteiger partial charge >= 0.3 is 38.5 Å². The fraction of sp³-hybridized carbons (Fsp3) is 0.636. The first-order valence-corrected chi connectivity index (χ1v) is 13.7. The second kappa shape index (κ2) is 13.6. The van der Waals surface area contributed by atoms with Crippen LogP contribution >= 0.6 is 0 Å². The summed E-state index contributed by atoms with van der Waals surface area (Å²) in [7, 11) is 0. The number of rotatable bonds is 0. The smallest absolute Gasteiger partial charge is 1.00 e. The van der Waals surface area contributed by atoms with E-state index in [2.05, 4.69) is 112 Å². The summed E-state index contributed by atoms with van der Waals surface area (Å²) in [6, 6.07) is 0. The quantitative estimate of drug-likeness (QED) is 0.384. The van der Waals surface area contributed by atoms with Gasteiger partial charge in [0.2, 0.25) is 0 Å². The summed E-state index contributed by atoms with van der Waals surface area (Å²) in [5.74, 6) is 0. The van der Waals surface area contributed by atoms with Crippen molar-refractivity contribution >= 4 is 6.19 Å². The summed E-state index contributed by atoms with van der Waals surface area (Å²) in [4.78, 5) is 0. The van der Waals surface area contributed by atoms with Crippen LogP contribution in [0.3, 0.4) is 0 Å². The summed E-state index contributed by atoms with van der Waals surface area (Å²) in [5, 5.41) is 0. The fourth-order valence-electron chi connectivity index (χ4n) is 2.16. The molecule has 0 heterocycles. The van der Waals surface area contributed by atoms with Gasteiger partial charge in [-0.1, -0.05) is 55.4 Å². The van der Waals surface area contributed by atoms with Gasteiger partial charge in [0.1, 0.15) is 0 Å². The molecule has 0 aromatic rings. The summed E-state index contributed by atoms with van der Waals surface area (Å²) >= 11 is 2.27. The Labute approximate surface area is 188 Å². The number of hydrogen-bond acceptors (Lipinski definition) is 0. The third-order valence-corrected chi connectivity index (χ3v) is 3.82. The first-order chi connectivity index (χ1) is 10.7. The maximum atomic E-state index is 3.30. The summed E-state index contributed by atoms with van der Waals surface area (Å²) in [6.07, 6.45) is 13.3. The molecule has 0 aromatic carbocycles. The summed E-state index contributed by atoms with van der Waals surface area (Å²) in [6.45, 7) is 22.3. The van der Waals surface area contributed by atoms with Crippen molar-refractivity contribution in [2.45, 2.75) is 81.3 Å². The molecule has 26 heavy (non-hydrogen) atoms. The third-order valence-electron chi connectivity index (χ3n) is 3.82. The normalized spacial score (nSPS) is 15.5. The van der Waals surface area contributed by atoms with E-state index in [9.17, 15) is 0 Å². The Morgan fingerprint density at radius 2 is 1.00 bits per heavy atom. The summed E-state index contributed by atoms with van der Waals surface area (Å²) < 4.78 is 0. The second-order valence-corrected chi connectivity index (χ2v) is 15.6. The minimum absolute atomic E-state index is 0. The molecule has 0 fully saturated rings. The van der Waals surface area contributed by atoms with Crippen molar-refractivity contribution in [3.05, 3.63) is 46.6 Å². The molecule has 0 aromatic heterocycles. The summed E-state index contributed by atoms with van der Waals surface area (Å²) in [5.41, 5.74) is 6.28. The van der Waals surface area contributed by atoms with Gasteiger partial charge in [-0.25, -0.2) is 23.3 Å². The van der Waals surface area contributed by atoms with Crippen LogP contribution in [0.2, 0.25) is 13.1 Å². The molecule has 0 spiro atoms. The van der Waals surface area contributed by atoms with Gasteiger partial charge in [0, 0.05) is 0 Å². The molecule has 0 saturated carbocycles. The van der Waals surface area contributed by atoms with Gasteiger partial charge in [-0.2, -0.15) is 11.1 Å². The molecule has 0 N–H and O–H groups in total. The number of allylic oxidation sites excluding steroid dienone is 8. The Kier molecular flexibility index (Phi) is 16.3. The van der Waals surface area contributed by atoms with Gasteiger partial charge in [-0.15, -0.1) is 12.8 Å². The zero-order valence-electron chi connectivity index (χ0n) is 18.3. The van der Waals surface area contributed by atoms with Gasteiger partial charge in [0.25, 0.3) is 0 Å². The van der Waals surface area contributed by atoms with Gasteiger partial charge in [-0.3, -0.25) is 12.2 Å². The molecule has 0 saturated heterocycles. The fourth-order valence-corrected chi connectivity index (χ4v) is 2.16.